The maximum absolute atomic E-state index is 11.6. The number of benzene rings is 2. The number of aromatic amines is 1. The van der Waals surface area contributed by atoms with Gasteiger partial charge in [-0.25, -0.2) is 0 Å². The van der Waals surface area contributed by atoms with E-state index in [9.17, 15) is 15.0 Å². The fourth-order valence-corrected chi connectivity index (χ4v) is 5.32. The fraction of sp³-hybridized carbons (Fsp3) is 0.480. The van der Waals surface area contributed by atoms with Gasteiger partial charge in [-0.1, -0.05) is 54.5 Å². The number of hydrogen-bond acceptors (Lipinski definition) is 6. The number of fused-ring (bicyclic) bond motifs is 1. The topological polar surface area (TPSA) is 88.6 Å². The van der Waals surface area contributed by atoms with Crippen LogP contribution in [0.25, 0.3) is 10.2 Å². The van der Waals surface area contributed by atoms with Crippen molar-refractivity contribution in [1.82, 2.24) is 15.2 Å². The molecular weight excluding hydrogens is 422 g/mol. The van der Waals surface area contributed by atoms with E-state index in [0.717, 1.165) is 37.3 Å². The van der Waals surface area contributed by atoms with Crippen molar-refractivity contribution in [1.29, 1.82) is 0 Å². The lowest BCUT2D eigenvalue weighted by atomic mass is 10.1. The van der Waals surface area contributed by atoms with Gasteiger partial charge in [-0.3, -0.25) is 4.79 Å². The summed E-state index contributed by atoms with van der Waals surface area (Å²) in [6.07, 6.45) is 6.68. The van der Waals surface area contributed by atoms with E-state index in [1.807, 2.05) is 0 Å². The standard InChI is InChI=1S/C25H33N3O3S/c29-21-10-9-20(24-23(21)27-25(31)32-24)22(30)17-26-13-11-18-5-7-19(8-6-18)12-16-28-14-3-1-2-4-15-28/h5-10,22,26,29-30H,1-4,11-17H2,(H,27,31)/t22-/m0/s1. The highest BCUT2D eigenvalue weighted by Gasteiger charge is 2.16. The summed E-state index contributed by atoms with van der Waals surface area (Å²) in [4.78, 5) is 16.6. The van der Waals surface area contributed by atoms with Crippen LogP contribution in [0, 0.1) is 0 Å². The number of aromatic nitrogens is 1. The molecular formula is C25H33N3O3S. The Morgan fingerprint density at radius 1 is 1.00 bits per heavy atom. The number of nitrogens with zero attached hydrogens (tertiary/aromatic N) is 1. The second-order valence-corrected chi connectivity index (χ2v) is 9.67. The van der Waals surface area contributed by atoms with Crippen molar-refractivity contribution in [2.45, 2.75) is 44.6 Å². The van der Waals surface area contributed by atoms with E-state index in [1.54, 1.807) is 6.07 Å². The zero-order chi connectivity index (χ0) is 22.3. The van der Waals surface area contributed by atoms with Crippen molar-refractivity contribution < 1.29 is 10.2 Å². The lowest BCUT2D eigenvalue weighted by Gasteiger charge is -2.19. The molecule has 0 unspecified atom stereocenters. The van der Waals surface area contributed by atoms with E-state index in [1.165, 1.54) is 56.0 Å². The molecule has 32 heavy (non-hydrogen) atoms. The zero-order valence-corrected chi connectivity index (χ0v) is 19.3. The number of rotatable bonds is 9. The molecule has 6 nitrogen and oxygen atoms in total. The number of phenolic OH excluding ortho intramolecular Hbond substituents is 1. The molecule has 0 aliphatic carbocycles. The first-order valence-corrected chi connectivity index (χ1v) is 12.5. The molecule has 0 spiro atoms. The van der Waals surface area contributed by atoms with Crippen LogP contribution in [0.15, 0.2) is 41.2 Å². The molecule has 2 aromatic carbocycles. The number of aliphatic hydroxyl groups is 1. The molecule has 2 heterocycles. The third kappa shape index (κ3) is 5.98. The van der Waals surface area contributed by atoms with Crippen molar-refractivity contribution in [3.05, 3.63) is 62.8 Å². The molecule has 1 saturated heterocycles. The third-order valence-corrected chi connectivity index (χ3v) is 7.24. The van der Waals surface area contributed by atoms with E-state index in [4.69, 9.17) is 0 Å². The summed E-state index contributed by atoms with van der Waals surface area (Å²) in [5.41, 5.74) is 3.72. The fourth-order valence-electron chi connectivity index (χ4n) is 4.40. The van der Waals surface area contributed by atoms with E-state index in [2.05, 4.69) is 39.5 Å². The van der Waals surface area contributed by atoms with Crippen LogP contribution in [0.4, 0.5) is 0 Å². The summed E-state index contributed by atoms with van der Waals surface area (Å²) in [6.45, 7) is 4.79. The molecule has 4 rings (SSSR count). The first-order chi connectivity index (χ1) is 15.6. The average molecular weight is 456 g/mol. The number of nitrogens with one attached hydrogen (secondary N) is 2. The average Bonchev–Trinajstić information content (AvgIpc) is 3.01. The van der Waals surface area contributed by atoms with E-state index < -0.39 is 6.10 Å². The summed E-state index contributed by atoms with van der Waals surface area (Å²) in [5.74, 6) is 0.0251. The molecule has 4 N–H and O–H groups in total. The van der Waals surface area contributed by atoms with Gasteiger partial charge in [0.1, 0.15) is 11.3 Å². The molecule has 1 atom stereocenters. The Morgan fingerprint density at radius 2 is 1.69 bits per heavy atom. The molecule has 1 aliphatic rings. The molecule has 1 aromatic heterocycles. The first-order valence-electron chi connectivity index (χ1n) is 11.6. The summed E-state index contributed by atoms with van der Waals surface area (Å²) in [5, 5.41) is 23.8. The van der Waals surface area contributed by atoms with Gasteiger partial charge in [-0.2, -0.15) is 0 Å². The number of H-pyrrole nitrogens is 1. The van der Waals surface area contributed by atoms with E-state index >= 15 is 0 Å². The maximum atomic E-state index is 11.6. The Balaban J connectivity index is 1.22. The van der Waals surface area contributed by atoms with Gasteiger partial charge in [0.15, 0.2) is 0 Å². The lowest BCUT2D eigenvalue weighted by Crippen LogP contribution is -2.26. The van der Waals surface area contributed by atoms with Crippen LogP contribution in [0.1, 0.15) is 48.5 Å². The van der Waals surface area contributed by atoms with Gasteiger partial charge in [0.2, 0.25) is 0 Å². The van der Waals surface area contributed by atoms with Crippen LogP contribution < -0.4 is 10.2 Å². The lowest BCUT2D eigenvalue weighted by molar-refractivity contribution is 0.176. The number of aliphatic hydroxyl groups excluding tert-OH is 1. The van der Waals surface area contributed by atoms with Crippen LogP contribution in [0.3, 0.4) is 0 Å². The molecule has 172 valence electrons. The second-order valence-electron chi connectivity index (χ2n) is 8.68. The Hall–Kier alpha value is -2.19. The van der Waals surface area contributed by atoms with Crippen molar-refractivity contribution in [2.75, 3.05) is 32.7 Å². The number of aromatic hydroxyl groups is 1. The molecule has 0 bridgehead atoms. The Bertz CT molecular complexity index is 1050. The highest BCUT2D eigenvalue weighted by Crippen LogP contribution is 2.31. The Kier molecular flexibility index (Phi) is 7.97. The number of thiazole rings is 1. The summed E-state index contributed by atoms with van der Waals surface area (Å²) >= 11 is 1.01. The van der Waals surface area contributed by atoms with Crippen molar-refractivity contribution >= 4 is 21.6 Å². The predicted octanol–water partition coefficient (Wildman–Crippen LogP) is 3.58. The normalized spacial score (nSPS) is 16.3. The molecule has 0 saturated carbocycles. The zero-order valence-electron chi connectivity index (χ0n) is 18.5. The predicted molar refractivity (Wildman–Crippen MR) is 131 cm³/mol. The van der Waals surface area contributed by atoms with Gasteiger partial charge in [-0.15, -0.1) is 0 Å². The summed E-state index contributed by atoms with van der Waals surface area (Å²) in [6, 6.07) is 12.1. The van der Waals surface area contributed by atoms with Crippen LogP contribution in [-0.2, 0) is 12.8 Å². The van der Waals surface area contributed by atoms with Gasteiger partial charge in [0.05, 0.1) is 10.8 Å². The van der Waals surface area contributed by atoms with Gasteiger partial charge in [0, 0.05) is 18.7 Å². The van der Waals surface area contributed by atoms with Crippen molar-refractivity contribution in [2.24, 2.45) is 0 Å². The smallest absolute Gasteiger partial charge is 0.305 e. The molecule has 1 fully saturated rings. The molecule has 1 aliphatic heterocycles. The quantitative estimate of drug-likeness (QED) is 0.371. The molecule has 0 radical (unpaired) electrons. The van der Waals surface area contributed by atoms with Crippen LogP contribution in [-0.4, -0.2) is 52.8 Å². The first kappa shape index (κ1) is 23.0. The molecule has 0 amide bonds. The Labute approximate surface area is 192 Å². The highest BCUT2D eigenvalue weighted by atomic mass is 32.1. The third-order valence-electron chi connectivity index (χ3n) is 6.31. The van der Waals surface area contributed by atoms with Crippen LogP contribution in [0.5, 0.6) is 5.75 Å². The number of likely N-dealkylation sites (tertiary alicyclic amines) is 1. The van der Waals surface area contributed by atoms with Crippen molar-refractivity contribution in [3.63, 3.8) is 0 Å². The highest BCUT2D eigenvalue weighted by molar-refractivity contribution is 7.16. The minimum atomic E-state index is -0.745. The van der Waals surface area contributed by atoms with E-state index in [-0.39, 0.29) is 10.6 Å². The monoisotopic (exact) mass is 455 g/mol. The van der Waals surface area contributed by atoms with E-state index in [0.29, 0.717) is 22.3 Å². The van der Waals surface area contributed by atoms with Gasteiger partial charge >= 0.3 is 4.87 Å². The second kappa shape index (κ2) is 11.1. The van der Waals surface area contributed by atoms with Gasteiger partial charge in [0.25, 0.3) is 0 Å². The Morgan fingerprint density at radius 3 is 2.41 bits per heavy atom. The minimum Gasteiger partial charge on any atom is -0.506 e. The number of phenols is 1. The molecule has 7 heteroatoms. The van der Waals surface area contributed by atoms with Crippen LogP contribution >= 0.6 is 11.3 Å². The maximum Gasteiger partial charge on any atom is 0.305 e. The largest absolute Gasteiger partial charge is 0.506 e. The number of hydrogen-bond donors (Lipinski definition) is 4. The SMILES string of the molecule is O=c1[nH]c2c(O)ccc([C@@H](O)CNCCc3ccc(CCN4CCCCCC4)cc3)c2s1. The summed E-state index contributed by atoms with van der Waals surface area (Å²) < 4.78 is 0.611. The van der Waals surface area contributed by atoms with Gasteiger partial charge < -0.3 is 25.4 Å². The van der Waals surface area contributed by atoms with Gasteiger partial charge in [-0.05, 0) is 62.5 Å². The van der Waals surface area contributed by atoms with Crippen molar-refractivity contribution in [3.8, 4) is 5.75 Å². The van der Waals surface area contributed by atoms with Crippen LogP contribution in [0.2, 0.25) is 0 Å². The minimum absolute atomic E-state index is 0.0251. The molecule has 3 aromatic rings. The summed E-state index contributed by atoms with van der Waals surface area (Å²) in [7, 11) is 0.